The van der Waals surface area contributed by atoms with Gasteiger partial charge in [0.05, 0.1) is 6.61 Å². The molecule has 1 aliphatic carbocycles. The highest BCUT2D eigenvalue weighted by atomic mass is 16.6. The fourth-order valence-corrected chi connectivity index (χ4v) is 2.56. The standard InChI is InChI=1S/C13H15NO5/c15-9-8-11(19-13(17)14-8)12(10(9)16)18-6-7-4-2-1-3-5-7/h1-5,8-12,15-16H,6H2,(H,14,17)/t8-,9+,10+,11-,12-/m0/s1. The number of hydrogen-bond acceptors (Lipinski definition) is 5. The molecule has 1 saturated heterocycles. The predicted molar refractivity (Wildman–Crippen MR) is 64.2 cm³/mol. The minimum Gasteiger partial charge on any atom is -0.441 e. The van der Waals surface area contributed by atoms with Gasteiger partial charge in [0.25, 0.3) is 0 Å². The van der Waals surface area contributed by atoms with Gasteiger partial charge in [-0.15, -0.1) is 0 Å². The van der Waals surface area contributed by atoms with Gasteiger partial charge in [-0.3, -0.25) is 0 Å². The number of carbonyl (C=O) groups is 1. The lowest BCUT2D eigenvalue weighted by Crippen LogP contribution is -2.40. The lowest BCUT2D eigenvalue weighted by atomic mass is 10.2. The maximum Gasteiger partial charge on any atom is 0.408 e. The molecule has 1 saturated carbocycles. The van der Waals surface area contributed by atoms with E-state index in [4.69, 9.17) is 9.47 Å². The van der Waals surface area contributed by atoms with E-state index in [0.29, 0.717) is 0 Å². The number of aliphatic hydroxyl groups is 2. The summed E-state index contributed by atoms with van der Waals surface area (Å²) < 4.78 is 10.6. The Kier molecular flexibility index (Phi) is 3.14. The molecule has 19 heavy (non-hydrogen) atoms. The second-order valence-corrected chi connectivity index (χ2v) is 4.78. The Labute approximate surface area is 110 Å². The quantitative estimate of drug-likeness (QED) is 0.703. The summed E-state index contributed by atoms with van der Waals surface area (Å²) in [6.45, 7) is 0.288. The van der Waals surface area contributed by atoms with Crippen molar-refractivity contribution in [2.24, 2.45) is 0 Å². The molecule has 0 radical (unpaired) electrons. The fraction of sp³-hybridized carbons (Fsp3) is 0.462. The zero-order valence-corrected chi connectivity index (χ0v) is 10.1. The second-order valence-electron chi connectivity index (χ2n) is 4.78. The molecule has 1 heterocycles. The lowest BCUT2D eigenvalue weighted by Gasteiger charge is -2.20. The predicted octanol–water partition coefficient (Wildman–Crippen LogP) is -0.216. The normalized spacial score (nSPS) is 36.7. The van der Waals surface area contributed by atoms with Crippen LogP contribution in [0.2, 0.25) is 0 Å². The molecular weight excluding hydrogens is 250 g/mol. The molecular formula is C13H15NO5. The zero-order valence-electron chi connectivity index (χ0n) is 10.1. The Balaban J connectivity index is 1.68. The van der Waals surface area contributed by atoms with Crippen LogP contribution in [0.15, 0.2) is 30.3 Å². The fourth-order valence-electron chi connectivity index (χ4n) is 2.56. The van der Waals surface area contributed by atoms with E-state index in [1.54, 1.807) is 0 Å². The summed E-state index contributed by atoms with van der Waals surface area (Å²) in [6.07, 6.45) is -4.11. The van der Waals surface area contributed by atoms with Crippen molar-refractivity contribution in [3.63, 3.8) is 0 Å². The van der Waals surface area contributed by atoms with Gasteiger partial charge in [0.2, 0.25) is 0 Å². The number of benzene rings is 1. The molecule has 0 spiro atoms. The average Bonchev–Trinajstić information content (AvgIpc) is 2.89. The third-order valence-corrected chi connectivity index (χ3v) is 3.55. The van der Waals surface area contributed by atoms with Crippen molar-refractivity contribution < 1.29 is 24.5 Å². The summed E-state index contributed by atoms with van der Waals surface area (Å²) in [4.78, 5) is 11.1. The number of rotatable bonds is 3. The topological polar surface area (TPSA) is 88.0 Å². The van der Waals surface area contributed by atoms with Crippen molar-refractivity contribution in [1.29, 1.82) is 0 Å². The van der Waals surface area contributed by atoms with Gasteiger partial charge in [0.15, 0.2) is 6.10 Å². The maximum atomic E-state index is 11.1. The number of aliphatic hydroxyl groups excluding tert-OH is 2. The van der Waals surface area contributed by atoms with Gasteiger partial charge in [-0.05, 0) is 5.56 Å². The molecule has 2 aliphatic rings. The maximum absolute atomic E-state index is 11.1. The van der Waals surface area contributed by atoms with E-state index >= 15 is 0 Å². The highest BCUT2D eigenvalue weighted by Gasteiger charge is 2.56. The van der Waals surface area contributed by atoms with E-state index in [2.05, 4.69) is 5.32 Å². The van der Waals surface area contributed by atoms with Crippen LogP contribution in [0.3, 0.4) is 0 Å². The van der Waals surface area contributed by atoms with Crippen molar-refractivity contribution in [2.45, 2.75) is 37.1 Å². The van der Waals surface area contributed by atoms with Crippen LogP contribution in [0, 0.1) is 0 Å². The molecule has 3 N–H and O–H groups in total. The summed E-state index contributed by atoms with van der Waals surface area (Å²) in [5.41, 5.74) is 0.949. The molecule has 0 bridgehead atoms. The Hall–Kier alpha value is -1.63. The Bertz CT molecular complexity index is 465. The van der Waals surface area contributed by atoms with Crippen LogP contribution in [-0.4, -0.2) is 46.8 Å². The van der Waals surface area contributed by atoms with E-state index in [-0.39, 0.29) is 6.61 Å². The molecule has 6 heteroatoms. The Morgan fingerprint density at radius 2 is 1.95 bits per heavy atom. The highest BCUT2D eigenvalue weighted by molar-refractivity contribution is 5.71. The van der Waals surface area contributed by atoms with Crippen LogP contribution in [0.5, 0.6) is 0 Å². The van der Waals surface area contributed by atoms with Crippen molar-refractivity contribution in [3.05, 3.63) is 35.9 Å². The van der Waals surface area contributed by atoms with Crippen molar-refractivity contribution in [2.75, 3.05) is 0 Å². The minimum atomic E-state index is -1.07. The van der Waals surface area contributed by atoms with E-state index in [1.165, 1.54) is 0 Å². The number of nitrogens with one attached hydrogen (secondary N) is 1. The summed E-state index contributed by atoms with van der Waals surface area (Å²) >= 11 is 0. The van der Waals surface area contributed by atoms with Gasteiger partial charge >= 0.3 is 6.09 Å². The van der Waals surface area contributed by atoms with Gasteiger partial charge < -0.3 is 25.0 Å². The van der Waals surface area contributed by atoms with Crippen LogP contribution in [0.1, 0.15) is 5.56 Å². The molecule has 1 amide bonds. The SMILES string of the molecule is O=C1N[C@H]2[C@@H](O)[C@@H](O)[C@H](OCc3ccccc3)[C@H]2O1. The lowest BCUT2D eigenvalue weighted by molar-refractivity contribution is -0.0891. The molecule has 1 aliphatic heterocycles. The van der Waals surface area contributed by atoms with Crippen molar-refractivity contribution in [3.8, 4) is 0 Å². The van der Waals surface area contributed by atoms with Gasteiger partial charge in [0.1, 0.15) is 24.4 Å². The number of amides is 1. The number of fused-ring (bicyclic) bond motifs is 1. The van der Waals surface area contributed by atoms with E-state index in [9.17, 15) is 15.0 Å². The highest BCUT2D eigenvalue weighted by Crippen LogP contribution is 2.31. The van der Waals surface area contributed by atoms with E-state index in [0.717, 1.165) is 5.56 Å². The third kappa shape index (κ3) is 2.18. The van der Waals surface area contributed by atoms with Crippen LogP contribution in [0.25, 0.3) is 0 Å². The van der Waals surface area contributed by atoms with Crippen molar-refractivity contribution >= 4 is 6.09 Å². The molecule has 2 fully saturated rings. The molecule has 102 valence electrons. The average molecular weight is 265 g/mol. The van der Waals surface area contributed by atoms with Crippen molar-refractivity contribution in [1.82, 2.24) is 5.32 Å². The monoisotopic (exact) mass is 265 g/mol. The van der Waals surface area contributed by atoms with E-state index < -0.39 is 36.6 Å². The largest absolute Gasteiger partial charge is 0.441 e. The summed E-state index contributed by atoms with van der Waals surface area (Å²) in [5.74, 6) is 0. The molecule has 0 aromatic heterocycles. The molecule has 6 nitrogen and oxygen atoms in total. The first-order valence-corrected chi connectivity index (χ1v) is 6.15. The Morgan fingerprint density at radius 3 is 2.68 bits per heavy atom. The third-order valence-electron chi connectivity index (χ3n) is 3.55. The molecule has 0 unspecified atom stereocenters. The summed E-state index contributed by atoms with van der Waals surface area (Å²) in [5, 5.41) is 22.2. The molecule has 1 aromatic carbocycles. The van der Waals surface area contributed by atoms with Crippen LogP contribution in [-0.2, 0) is 16.1 Å². The van der Waals surface area contributed by atoms with Gasteiger partial charge in [-0.2, -0.15) is 0 Å². The first-order valence-electron chi connectivity index (χ1n) is 6.15. The number of alkyl carbamates (subject to hydrolysis) is 1. The summed E-state index contributed by atoms with van der Waals surface area (Å²) in [6, 6.07) is 8.86. The smallest absolute Gasteiger partial charge is 0.408 e. The molecule has 3 rings (SSSR count). The first-order chi connectivity index (χ1) is 9.16. The second kappa shape index (κ2) is 4.80. The van der Waals surface area contributed by atoms with Crippen LogP contribution in [0.4, 0.5) is 4.79 Å². The van der Waals surface area contributed by atoms with Crippen LogP contribution < -0.4 is 5.32 Å². The number of ether oxygens (including phenoxy) is 2. The number of carbonyl (C=O) groups excluding carboxylic acids is 1. The minimum absolute atomic E-state index is 0.288. The zero-order chi connectivity index (χ0) is 13.4. The first kappa shape index (κ1) is 12.4. The number of hydrogen-bond donors (Lipinski definition) is 3. The molecule has 5 atom stereocenters. The molecule has 1 aromatic rings. The Morgan fingerprint density at radius 1 is 1.21 bits per heavy atom. The van der Waals surface area contributed by atoms with E-state index in [1.807, 2.05) is 30.3 Å². The summed E-state index contributed by atoms with van der Waals surface area (Å²) in [7, 11) is 0. The van der Waals surface area contributed by atoms with Gasteiger partial charge in [-0.25, -0.2) is 4.79 Å². The van der Waals surface area contributed by atoms with Gasteiger partial charge in [-0.1, -0.05) is 30.3 Å². The van der Waals surface area contributed by atoms with Crippen LogP contribution >= 0.6 is 0 Å². The van der Waals surface area contributed by atoms with Gasteiger partial charge in [0, 0.05) is 0 Å².